The Morgan fingerprint density at radius 2 is 1.85 bits per heavy atom. The Bertz CT molecular complexity index is 1360. The second-order valence-corrected chi connectivity index (χ2v) is 8.47. The summed E-state index contributed by atoms with van der Waals surface area (Å²) in [5.41, 5.74) is 4.43. The summed E-state index contributed by atoms with van der Waals surface area (Å²) in [4.78, 5) is 29.6. The third-order valence-corrected chi connectivity index (χ3v) is 5.80. The summed E-state index contributed by atoms with van der Waals surface area (Å²) in [6.45, 7) is 5.84. The fourth-order valence-electron chi connectivity index (χ4n) is 3.87. The lowest BCUT2D eigenvalue weighted by Gasteiger charge is -2.09. The van der Waals surface area contributed by atoms with Crippen LogP contribution in [0, 0.1) is 26.7 Å². The van der Waals surface area contributed by atoms with E-state index in [0.717, 1.165) is 41.2 Å². The van der Waals surface area contributed by atoms with Gasteiger partial charge in [-0.05, 0) is 63.4 Å². The number of benzene rings is 1. The van der Waals surface area contributed by atoms with Crippen molar-refractivity contribution in [2.24, 2.45) is 5.92 Å². The predicted octanol–water partition coefficient (Wildman–Crippen LogP) is 4.69. The number of fused-ring (bicyclic) bond motifs is 1. The Morgan fingerprint density at radius 3 is 2.52 bits per heavy atom. The number of anilines is 1. The lowest BCUT2D eigenvalue weighted by molar-refractivity contribution is -0.117. The highest BCUT2D eigenvalue weighted by atomic mass is 16.5. The van der Waals surface area contributed by atoms with E-state index in [2.05, 4.69) is 20.8 Å². The number of aromatic nitrogens is 2. The quantitative estimate of drug-likeness (QED) is 0.447. The maximum atomic E-state index is 13.2. The first kappa shape index (κ1) is 20.9. The fourth-order valence-corrected chi connectivity index (χ4v) is 3.87. The average Bonchev–Trinajstić information content (AvgIpc) is 3.51. The molecule has 0 bridgehead atoms. The molecule has 3 aromatic heterocycles. The standard InChI is InChI=1S/C25H24N4O4/c1-13-10-19(15(3)32-13)21-11-20(22-14(2)29-33-25(22)28-21)24(31)26-12-16-4-8-18(9-5-16)27-23(30)17-6-7-17/h4-5,8-11,17H,6-7,12H2,1-3H3,(H,26,31)(H,27,30). The number of nitrogens with zero attached hydrogens (tertiary/aromatic N) is 2. The minimum absolute atomic E-state index is 0.0701. The molecular weight excluding hydrogens is 420 g/mol. The van der Waals surface area contributed by atoms with E-state index in [9.17, 15) is 9.59 Å². The molecule has 8 heteroatoms. The average molecular weight is 444 g/mol. The summed E-state index contributed by atoms with van der Waals surface area (Å²) >= 11 is 0. The molecule has 5 rings (SSSR count). The van der Waals surface area contributed by atoms with Gasteiger partial charge < -0.3 is 19.6 Å². The van der Waals surface area contributed by atoms with Crippen LogP contribution in [-0.2, 0) is 11.3 Å². The van der Waals surface area contributed by atoms with E-state index in [1.54, 1.807) is 13.0 Å². The van der Waals surface area contributed by atoms with Gasteiger partial charge in [0.1, 0.15) is 11.5 Å². The SMILES string of the molecule is Cc1cc(-c2cc(C(=O)NCc3ccc(NC(=O)C4CC4)cc3)c3c(C)noc3n2)c(C)o1. The lowest BCUT2D eigenvalue weighted by Crippen LogP contribution is -2.23. The molecule has 4 aromatic rings. The molecule has 8 nitrogen and oxygen atoms in total. The van der Waals surface area contributed by atoms with Crippen molar-refractivity contribution in [3.8, 4) is 11.3 Å². The summed E-state index contributed by atoms with van der Waals surface area (Å²) < 4.78 is 11.0. The van der Waals surface area contributed by atoms with Crippen molar-refractivity contribution in [3.63, 3.8) is 0 Å². The molecule has 1 saturated carbocycles. The molecule has 3 heterocycles. The van der Waals surface area contributed by atoms with Crippen LogP contribution in [0.5, 0.6) is 0 Å². The zero-order valence-electron chi connectivity index (χ0n) is 18.7. The molecule has 0 aliphatic heterocycles. The van der Waals surface area contributed by atoms with E-state index >= 15 is 0 Å². The molecule has 1 aromatic carbocycles. The number of amides is 2. The summed E-state index contributed by atoms with van der Waals surface area (Å²) in [5.74, 6) is 1.46. The number of nitrogens with one attached hydrogen (secondary N) is 2. The molecule has 1 aliphatic rings. The third kappa shape index (κ3) is 4.24. The van der Waals surface area contributed by atoms with Crippen molar-refractivity contribution in [1.82, 2.24) is 15.5 Å². The normalized spacial score (nSPS) is 13.3. The Kier molecular flexibility index (Phi) is 5.20. The number of hydrogen-bond donors (Lipinski definition) is 2. The number of carbonyl (C=O) groups excluding carboxylic acids is 2. The molecule has 0 saturated heterocycles. The van der Waals surface area contributed by atoms with Crippen LogP contribution in [0.4, 0.5) is 5.69 Å². The van der Waals surface area contributed by atoms with Gasteiger partial charge in [0.25, 0.3) is 11.6 Å². The second kappa shape index (κ2) is 8.20. The summed E-state index contributed by atoms with van der Waals surface area (Å²) in [6.07, 6.45) is 1.93. The van der Waals surface area contributed by atoms with Crippen LogP contribution in [0.25, 0.3) is 22.4 Å². The topological polar surface area (TPSA) is 110 Å². The van der Waals surface area contributed by atoms with Crippen LogP contribution in [0.1, 0.15) is 46.0 Å². The molecular formula is C25H24N4O4. The van der Waals surface area contributed by atoms with E-state index in [0.29, 0.717) is 34.6 Å². The molecule has 2 N–H and O–H groups in total. The zero-order chi connectivity index (χ0) is 23.1. The molecule has 1 aliphatic carbocycles. The monoisotopic (exact) mass is 444 g/mol. The summed E-state index contributed by atoms with van der Waals surface area (Å²) in [5, 5.41) is 10.5. The first-order valence-corrected chi connectivity index (χ1v) is 10.9. The highest BCUT2D eigenvalue weighted by molar-refractivity contribution is 6.07. The maximum Gasteiger partial charge on any atom is 0.259 e. The van der Waals surface area contributed by atoms with Crippen molar-refractivity contribution < 1.29 is 18.5 Å². The van der Waals surface area contributed by atoms with Crippen LogP contribution < -0.4 is 10.6 Å². The van der Waals surface area contributed by atoms with Gasteiger partial charge in [-0.25, -0.2) is 4.98 Å². The van der Waals surface area contributed by atoms with Crippen molar-refractivity contribution >= 4 is 28.6 Å². The largest absolute Gasteiger partial charge is 0.466 e. The van der Waals surface area contributed by atoms with E-state index in [-0.39, 0.29) is 17.7 Å². The third-order valence-electron chi connectivity index (χ3n) is 5.80. The first-order valence-electron chi connectivity index (χ1n) is 10.9. The van der Waals surface area contributed by atoms with Gasteiger partial charge in [-0.1, -0.05) is 17.3 Å². The molecule has 0 atom stereocenters. The highest BCUT2D eigenvalue weighted by Gasteiger charge is 2.29. The Morgan fingerprint density at radius 1 is 1.09 bits per heavy atom. The van der Waals surface area contributed by atoms with Crippen molar-refractivity contribution in [2.45, 2.75) is 40.2 Å². The number of furan rings is 1. The molecule has 0 spiro atoms. The molecule has 0 unspecified atom stereocenters. The molecule has 2 amide bonds. The smallest absolute Gasteiger partial charge is 0.259 e. The maximum absolute atomic E-state index is 13.2. The Balaban J connectivity index is 1.36. The van der Waals surface area contributed by atoms with E-state index in [1.165, 1.54) is 0 Å². The van der Waals surface area contributed by atoms with Gasteiger partial charge in [0.2, 0.25) is 5.91 Å². The zero-order valence-corrected chi connectivity index (χ0v) is 18.7. The van der Waals surface area contributed by atoms with Crippen LogP contribution >= 0.6 is 0 Å². The fraction of sp³-hybridized carbons (Fsp3) is 0.280. The Labute approximate surface area is 190 Å². The van der Waals surface area contributed by atoms with Crippen LogP contribution in [0.15, 0.2) is 45.3 Å². The first-order chi connectivity index (χ1) is 15.9. The van der Waals surface area contributed by atoms with E-state index in [4.69, 9.17) is 8.94 Å². The van der Waals surface area contributed by atoms with Crippen molar-refractivity contribution in [3.05, 3.63) is 64.7 Å². The minimum Gasteiger partial charge on any atom is -0.466 e. The number of aryl methyl sites for hydroxylation is 3. The van der Waals surface area contributed by atoms with E-state index in [1.807, 2.05) is 44.2 Å². The van der Waals surface area contributed by atoms with Crippen LogP contribution in [0.2, 0.25) is 0 Å². The highest BCUT2D eigenvalue weighted by Crippen LogP contribution is 2.31. The number of carbonyl (C=O) groups is 2. The van der Waals surface area contributed by atoms with Gasteiger partial charge in [-0.15, -0.1) is 0 Å². The lowest BCUT2D eigenvalue weighted by atomic mass is 10.1. The van der Waals surface area contributed by atoms with Gasteiger partial charge in [-0.2, -0.15) is 0 Å². The van der Waals surface area contributed by atoms with Crippen LogP contribution in [0.3, 0.4) is 0 Å². The molecule has 168 valence electrons. The summed E-state index contributed by atoms with van der Waals surface area (Å²) in [7, 11) is 0. The molecule has 0 radical (unpaired) electrons. The number of rotatable bonds is 6. The van der Waals surface area contributed by atoms with Crippen molar-refractivity contribution in [1.29, 1.82) is 0 Å². The molecule has 33 heavy (non-hydrogen) atoms. The molecule has 1 fully saturated rings. The van der Waals surface area contributed by atoms with Gasteiger partial charge in [-0.3, -0.25) is 9.59 Å². The number of pyridine rings is 1. The van der Waals surface area contributed by atoms with Crippen LogP contribution in [-0.4, -0.2) is 22.0 Å². The van der Waals surface area contributed by atoms with Gasteiger partial charge >= 0.3 is 0 Å². The van der Waals surface area contributed by atoms with Gasteiger partial charge in [0.05, 0.1) is 22.3 Å². The van der Waals surface area contributed by atoms with E-state index < -0.39 is 0 Å². The predicted molar refractivity (Wildman–Crippen MR) is 123 cm³/mol. The Hall–Kier alpha value is -3.94. The van der Waals surface area contributed by atoms with Gasteiger partial charge in [0, 0.05) is 23.7 Å². The minimum atomic E-state index is -0.251. The van der Waals surface area contributed by atoms with Crippen molar-refractivity contribution in [2.75, 3.05) is 5.32 Å². The number of hydrogen-bond acceptors (Lipinski definition) is 6. The summed E-state index contributed by atoms with van der Waals surface area (Å²) in [6, 6.07) is 11.1. The van der Waals surface area contributed by atoms with Gasteiger partial charge in [0.15, 0.2) is 0 Å². The second-order valence-electron chi connectivity index (χ2n) is 8.47.